The van der Waals surface area contributed by atoms with Crippen molar-refractivity contribution in [3.05, 3.63) is 36.1 Å². The molecule has 0 bridgehead atoms. The topological polar surface area (TPSA) is 29.1 Å². The molecule has 64 valence electrons. The molecule has 0 atom stereocenters. The molecule has 0 aromatic heterocycles. The summed E-state index contributed by atoms with van der Waals surface area (Å²) in [5.41, 5.74) is 2.15. The molecule has 0 unspecified atom stereocenters. The van der Waals surface area contributed by atoms with E-state index < -0.39 is 0 Å². The van der Waals surface area contributed by atoms with Gasteiger partial charge < -0.3 is 5.32 Å². The molecule has 2 heteroatoms. The molecule has 0 heterocycles. The molecule has 1 amide bonds. The fourth-order valence-corrected chi connectivity index (χ4v) is 1.11. The Labute approximate surface area is 72.7 Å². The lowest BCUT2D eigenvalue weighted by molar-refractivity contribution is -0.115. The van der Waals surface area contributed by atoms with Gasteiger partial charge in [0.1, 0.15) is 0 Å². The van der Waals surface area contributed by atoms with Crippen LogP contribution in [0.25, 0.3) is 0 Å². The van der Waals surface area contributed by atoms with E-state index in [9.17, 15) is 4.79 Å². The van der Waals surface area contributed by atoms with Gasteiger partial charge in [-0.2, -0.15) is 0 Å². The van der Waals surface area contributed by atoms with Crippen molar-refractivity contribution >= 4 is 5.91 Å². The van der Waals surface area contributed by atoms with Crippen molar-refractivity contribution in [2.75, 3.05) is 0 Å². The molecular weight excluding hydrogens is 150 g/mol. The zero-order valence-corrected chi connectivity index (χ0v) is 7.26. The van der Waals surface area contributed by atoms with E-state index in [1.807, 2.05) is 13.0 Å². The maximum Gasteiger partial charge on any atom is 0.247 e. The first-order valence-electron chi connectivity index (χ1n) is 4.03. The van der Waals surface area contributed by atoms with Crippen LogP contribution in [0.3, 0.4) is 0 Å². The first kappa shape index (κ1) is 8.78. The van der Waals surface area contributed by atoms with Gasteiger partial charge in [0.25, 0.3) is 0 Å². The third-order valence-corrected chi connectivity index (χ3v) is 1.87. The summed E-state index contributed by atoms with van der Waals surface area (Å²) in [4.78, 5) is 10.9. The number of allylic oxidation sites excluding steroid dienone is 3. The van der Waals surface area contributed by atoms with Gasteiger partial charge in [0.05, 0.1) is 0 Å². The Hall–Kier alpha value is -1.31. The highest BCUT2D eigenvalue weighted by molar-refractivity contribution is 5.88. The summed E-state index contributed by atoms with van der Waals surface area (Å²) in [6, 6.07) is 0. The molecule has 2 nitrogen and oxygen atoms in total. The van der Waals surface area contributed by atoms with Crippen LogP contribution < -0.4 is 5.32 Å². The maximum atomic E-state index is 10.9. The largest absolute Gasteiger partial charge is 0.323 e. The molecule has 0 fully saturated rings. The summed E-state index contributed by atoms with van der Waals surface area (Å²) in [5.74, 6) is -0.143. The lowest BCUT2D eigenvalue weighted by Gasteiger charge is -2.12. The highest BCUT2D eigenvalue weighted by Crippen LogP contribution is 2.15. The maximum absolute atomic E-state index is 10.9. The monoisotopic (exact) mass is 163 g/mol. The van der Waals surface area contributed by atoms with Gasteiger partial charge in [-0.05, 0) is 37.5 Å². The Kier molecular flexibility index (Phi) is 2.86. The SMILES string of the molecule is C=CC(=O)NC1=C(C)CCC=C1. The van der Waals surface area contributed by atoms with Gasteiger partial charge in [0, 0.05) is 5.70 Å². The van der Waals surface area contributed by atoms with Crippen molar-refractivity contribution < 1.29 is 4.79 Å². The van der Waals surface area contributed by atoms with Gasteiger partial charge in [0.2, 0.25) is 5.91 Å². The Morgan fingerprint density at radius 3 is 3.08 bits per heavy atom. The Morgan fingerprint density at radius 2 is 2.50 bits per heavy atom. The van der Waals surface area contributed by atoms with Crippen LogP contribution in [0.2, 0.25) is 0 Å². The van der Waals surface area contributed by atoms with Crippen LogP contribution in [-0.2, 0) is 4.79 Å². The van der Waals surface area contributed by atoms with Crippen molar-refractivity contribution in [3.63, 3.8) is 0 Å². The summed E-state index contributed by atoms with van der Waals surface area (Å²) >= 11 is 0. The predicted molar refractivity (Wildman–Crippen MR) is 49.4 cm³/mol. The molecule has 0 saturated carbocycles. The van der Waals surface area contributed by atoms with Gasteiger partial charge in [-0.1, -0.05) is 12.7 Å². The van der Waals surface area contributed by atoms with E-state index in [1.165, 1.54) is 11.6 Å². The average Bonchev–Trinajstić information content (AvgIpc) is 2.09. The Bertz CT molecular complexity index is 261. The Morgan fingerprint density at radius 1 is 1.75 bits per heavy atom. The lowest BCUT2D eigenvalue weighted by Crippen LogP contribution is -2.20. The van der Waals surface area contributed by atoms with Crippen molar-refractivity contribution in [2.24, 2.45) is 0 Å². The van der Waals surface area contributed by atoms with Crippen molar-refractivity contribution in [1.29, 1.82) is 0 Å². The molecule has 0 aromatic carbocycles. The number of carbonyl (C=O) groups is 1. The second-order valence-electron chi connectivity index (χ2n) is 2.83. The fraction of sp³-hybridized carbons (Fsp3) is 0.300. The molecule has 1 N–H and O–H groups in total. The summed E-state index contributed by atoms with van der Waals surface area (Å²) in [6.45, 7) is 5.42. The number of hydrogen-bond acceptors (Lipinski definition) is 1. The van der Waals surface area contributed by atoms with Crippen LogP contribution in [0.5, 0.6) is 0 Å². The minimum Gasteiger partial charge on any atom is -0.323 e. The molecule has 0 aromatic rings. The molecule has 0 aliphatic heterocycles. The Balaban J connectivity index is 2.67. The van der Waals surface area contributed by atoms with Crippen LogP contribution >= 0.6 is 0 Å². The summed E-state index contributed by atoms with van der Waals surface area (Å²) in [5, 5.41) is 2.75. The normalized spacial score (nSPS) is 16.1. The van der Waals surface area contributed by atoms with Gasteiger partial charge >= 0.3 is 0 Å². The fourth-order valence-electron chi connectivity index (χ4n) is 1.11. The highest BCUT2D eigenvalue weighted by Gasteiger charge is 2.04. The van der Waals surface area contributed by atoms with Crippen LogP contribution in [-0.4, -0.2) is 5.91 Å². The van der Waals surface area contributed by atoms with E-state index in [-0.39, 0.29) is 5.91 Å². The minimum atomic E-state index is -0.143. The summed E-state index contributed by atoms with van der Waals surface area (Å²) in [6.07, 6.45) is 7.39. The second-order valence-corrected chi connectivity index (χ2v) is 2.83. The molecule has 0 radical (unpaired) electrons. The average molecular weight is 163 g/mol. The zero-order valence-electron chi connectivity index (χ0n) is 7.26. The predicted octanol–water partition coefficient (Wildman–Crippen LogP) is 1.91. The van der Waals surface area contributed by atoms with E-state index in [0.29, 0.717) is 0 Å². The molecule has 1 aliphatic carbocycles. The van der Waals surface area contributed by atoms with E-state index in [4.69, 9.17) is 0 Å². The summed E-state index contributed by atoms with van der Waals surface area (Å²) < 4.78 is 0. The van der Waals surface area contributed by atoms with Crippen LogP contribution in [0.15, 0.2) is 36.1 Å². The van der Waals surface area contributed by atoms with Gasteiger partial charge in [0.15, 0.2) is 0 Å². The van der Waals surface area contributed by atoms with Gasteiger partial charge in [-0.15, -0.1) is 0 Å². The van der Waals surface area contributed by atoms with Crippen LogP contribution in [0.4, 0.5) is 0 Å². The molecule has 1 aliphatic rings. The van der Waals surface area contributed by atoms with Crippen LogP contribution in [0.1, 0.15) is 19.8 Å². The molecule has 0 spiro atoms. The van der Waals surface area contributed by atoms with Crippen molar-refractivity contribution in [2.45, 2.75) is 19.8 Å². The lowest BCUT2D eigenvalue weighted by atomic mass is 10.0. The number of hydrogen-bond donors (Lipinski definition) is 1. The van der Waals surface area contributed by atoms with Crippen LogP contribution in [0, 0.1) is 0 Å². The minimum absolute atomic E-state index is 0.143. The third-order valence-electron chi connectivity index (χ3n) is 1.87. The van der Waals surface area contributed by atoms with E-state index >= 15 is 0 Å². The van der Waals surface area contributed by atoms with Gasteiger partial charge in [-0.25, -0.2) is 0 Å². The standard InChI is InChI=1S/C10H13NO/c1-3-10(12)11-9-7-5-4-6-8(9)2/h3,5,7H,1,4,6H2,2H3,(H,11,12). The number of rotatable bonds is 2. The van der Waals surface area contributed by atoms with Crippen molar-refractivity contribution in [1.82, 2.24) is 5.32 Å². The number of amides is 1. The molecular formula is C10H13NO. The quantitative estimate of drug-likeness (QED) is 0.619. The zero-order chi connectivity index (χ0) is 8.97. The van der Waals surface area contributed by atoms with Gasteiger partial charge in [-0.3, -0.25) is 4.79 Å². The van der Waals surface area contributed by atoms with E-state index in [0.717, 1.165) is 18.5 Å². The van der Waals surface area contributed by atoms with Crippen molar-refractivity contribution in [3.8, 4) is 0 Å². The molecule has 12 heavy (non-hydrogen) atoms. The third kappa shape index (κ3) is 2.09. The second kappa shape index (κ2) is 3.90. The molecule has 0 saturated heterocycles. The van der Waals surface area contributed by atoms with E-state index in [1.54, 1.807) is 0 Å². The first-order valence-corrected chi connectivity index (χ1v) is 4.03. The summed E-state index contributed by atoms with van der Waals surface area (Å²) in [7, 11) is 0. The smallest absolute Gasteiger partial charge is 0.247 e. The highest BCUT2D eigenvalue weighted by atomic mass is 16.1. The molecule has 1 rings (SSSR count). The first-order chi connectivity index (χ1) is 5.74. The number of nitrogens with one attached hydrogen (secondary N) is 1. The number of carbonyl (C=O) groups excluding carboxylic acids is 1. The van der Waals surface area contributed by atoms with E-state index in [2.05, 4.69) is 18.0 Å².